The van der Waals surface area contributed by atoms with E-state index in [0.29, 0.717) is 32.4 Å². The number of carbonyl (C=O) groups excluding carboxylic acids is 1. The fraction of sp³-hybridized carbons (Fsp3) is 0.360. The average molecular weight is 458 g/mol. The molecule has 0 fully saturated rings. The van der Waals surface area contributed by atoms with Crippen LogP contribution in [0.5, 0.6) is 0 Å². The van der Waals surface area contributed by atoms with Crippen LogP contribution in [0, 0.1) is 0 Å². The molecule has 0 radical (unpaired) electrons. The van der Waals surface area contributed by atoms with Gasteiger partial charge in [0, 0.05) is 42.5 Å². The van der Waals surface area contributed by atoms with Crippen LogP contribution in [-0.4, -0.2) is 33.0 Å². The number of halogens is 3. The minimum Gasteiger partial charge on any atom is -0.481 e. The molecule has 0 saturated heterocycles. The van der Waals surface area contributed by atoms with E-state index < -0.39 is 17.7 Å². The average Bonchev–Trinajstić information content (AvgIpc) is 3.09. The summed E-state index contributed by atoms with van der Waals surface area (Å²) in [5.74, 6) is -0.938. The predicted molar refractivity (Wildman–Crippen MR) is 118 cm³/mol. The van der Waals surface area contributed by atoms with Gasteiger partial charge < -0.3 is 14.6 Å². The summed E-state index contributed by atoms with van der Waals surface area (Å²) in [6, 6.07) is 13.3. The molecule has 0 unspecified atom stereocenters. The third-order valence-electron chi connectivity index (χ3n) is 6.20. The number of carbonyl (C=O) groups is 2. The third-order valence-corrected chi connectivity index (χ3v) is 6.20. The molecular weight excluding hydrogens is 433 g/mol. The van der Waals surface area contributed by atoms with Crippen LogP contribution in [0.1, 0.15) is 48.1 Å². The number of unbranched alkanes of at least 4 members (excludes halogenated alkanes) is 1. The molecule has 0 aliphatic carbocycles. The van der Waals surface area contributed by atoms with Crippen molar-refractivity contribution in [3.8, 4) is 0 Å². The number of amides is 1. The second-order valence-corrected chi connectivity index (χ2v) is 8.35. The fourth-order valence-corrected chi connectivity index (χ4v) is 4.60. The van der Waals surface area contributed by atoms with Gasteiger partial charge in [0.25, 0.3) is 0 Å². The lowest BCUT2D eigenvalue weighted by atomic mass is 10.0. The summed E-state index contributed by atoms with van der Waals surface area (Å²) in [6.45, 7) is 0.931. The maximum Gasteiger partial charge on any atom is 0.416 e. The van der Waals surface area contributed by atoms with Gasteiger partial charge in [0.2, 0.25) is 5.91 Å². The molecule has 1 amide bonds. The molecule has 174 valence electrons. The van der Waals surface area contributed by atoms with Gasteiger partial charge in [-0.15, -0.1) is 0 Å². The van der Waals surface area contributed by atoms with E-state index in [4.69, 9.17) is 5.11 Å². The number of fused-ring (bicyclic) bond motifs is 3. The van der Waals surface area contributed by atoms with Crippen molar-refractivity contribution in [3.05, 3.63) is 70.9 Å². The highest BCUT2D eigenvalue weighted by Gasteiger charge is 2.34. The number of carboxylic acids is 1. The maximum absolute atomic E-state index is 13.6. The number of carboxylic acid groups (broad SMARTS) is 1. The first-order valence-corrected chi connectivity index (χ1v) is 11.0. The van der Waals surface area contributed by atoms with Crippen molar-refractivity contribution in [2.24, 2.45) is 0 Å². The lowest BCUT2D eigenvalue weighted by Gasteiger charge is -2.29. The normalized spacial score (nSPS) is 13.8. The SMILES string of the molecule is O=C(O)CCCCC(=O)N1CCc2c(n(Cc3ccccc3C(F)(F)F)c3ccccc23)C1. The summed E-state index contributed by atoms with van der Waals surface area (Å²) in [5.41, 5.74) is 2.32. The Balaban J connectivity index is 1.63. The number of rotatable bonds is 7. The van der Waals surface area contributed by atoms with Crippen LogP contribution < -0.4 is 0 Å². The molecule has 1 N–H and O–H groups in total. The molecule has 1 aliphatic heterocycles. The zero-order chi connectivity index (χ0) is 23.6. The molecule has 0 spiro atoms. The second-order valence-electron chi connectivity index (χ2n) is 8.35. The molecule has 0 atom stereocenters. The highest BCUT2D eigenvalue weighted by atomic mass is 19.4. The Morgan fingerprint density at radius 3 is 2.42 bits per heavy atom. The molecule has 4 rings (SSSR count). The Kier molecular flexibility index (Phi) is 6.44. The van der Waals surface area contributed by atoms with Crippen molar-refractivity contribution in [1.82, 2.24) is 9.47 Å². The van der Waals surface area contributed by atoms with Crippen molar-refractivity contribution in [3.63, 3.8) is 0 Å². The van der Waals surface area contributed by atoms with E-state index in [9.17, 15) is 22.8 Å². The first-order chi connectivity index (χ1) is 15.8. The number of aromatic nitrogens is 1. The van der Waals surface area contributed by atoms with Crippen LogP contribution in [0.2, 0.25) is 0 Å². The number of hydrogen-bond acceptors (Lipinski definition) is 2. The predicted octanol–water partition coefficient (Wildman–Crippen LogP) is 5.24. The van der Waals surface area contributed by atoms with Crippen molar-refractivity contribution >= 4 is 22.8 Å². The lowest BCUT2D eigenvalue weighted by Crippen LogP contribution is -2.36. The first-order valence-electron chi connectivity index (χ1n) is 11.0. The number of nitrogens with zero attached hydrogens (tertiary/aromatic N) is 2. The van der Waals surface area contributed by atoms with E-state index in [-0.39, 0.29) is 30.9 Å². The largest absolute Gasteiger partial charge is 0.481 e. The monoisotopic (exact) mass is 458 g/mol. The zero-order valence-electron chi connectivity index (χ0n) is 18.1. The lowest BCUT2D eigenvalue weighted by molar-refractivity contribution is -0.138. The molecule has 33 heavy (non-hydrogen) atoms. The number of aliphatic carboxylic acids is 1. The number of benzene rings is 2. The van der Waals surface area contributed by atoms with E-state index in [1.165, 1.54) is 12.1 Å². The van der Waals surface area contributed by atoms with Gasteiger partial charge >= 0.3 is 12.1 Å². The standard InChI is InChI=1S/C25H25F3N2O3/c26-25(27,28)20-9-3-1-7-17(20)15-30-21-10-4-2-8-18(21)19-13-14-29(16-22(19)30)23(31)11-5-6-12-24(32)33/h1-4,7-10H,5-6,11-16H2,(H,32,33). The zero-order valence-corrected chi connectivity index (χ0v) is 18.1. The molecule has 0 saturated carbocycles. The van der Waals surface area contributed by atoms with Crippen molar-refractivity contribution in [2.75, 3.05) is 6.54 Å². The number of alkyl halides is 3. The molecule has 1 aromatic heterocycles. The van der Waals surface area contributed by atoms with Gasteiger partial charge in [-0.05, 0) is 42.5 Å². The summed E-state index contributed by atoms with van der Waals surface area (Å²) < 4.78 is 42.7. The summed E-state index contributed by atoms with van der Waals surface area (Å²) in [5, 5.41) is 9.76. The topological polar surface area (TPSA) is 62.5 Å². The summed E-state index contributed by atoms with van der Waals surface area (Å²) in [4.78, 5) is 25.1. The van der Waals surface area contributed by atoms with Crippen LogP contribution >= 0.6 is 0 Å². The Morgan fingerprint density at radius 1 is 0.970 bits per heavy atom. The molecule has 2 heterocycles. The first kappa shape index (κ1) is 22.9. The molecule has 2 aromatic carbocycles. The smallest absolute Gasteiger partial charge is 0.416 e. The molecule has 0 bridgehead atoms. The van der Waals surface area contributed by atoms with E-state index in [0.717, 1.165) is 28.2 Å². The van der Waals surface area contributed by atoms with E-state index in [1.807, 2.05) is 28.8 Å². The van der Waals surface area contributed by atoms with Gasteiger partial charge in [-0.25, -0.2) is 0 Å². The Bertz CT molecular complexity index is 1180. The van der Waals surface area contributed by atoms with Crippen LogP contribution in [-0.2, 0) is 35.3 Å². The van der Waals surface area contributed by atoms with E-state index in [2.05, 4.69) is 0 Å². The highest BCUT2D eigenvalue weighted by Crippen LogP contribution is 2.35. The third kappa shape index (κ3) is 4.89. The minimum atomic E-state index is -4.45. The van der Waals surface area contributed by atoms with Gasteiger partial charge in [-0.2, -0.15) is 13.2 Å². The summed E-state index contributed by atoms with van der Waals surface area (Å²) in [6.07, 6.45) is -2.59. The van der Waals surface area contributed by atoms with Crippen molar-refractivity contribution < 1.29 is 27.9 Å². The van der Waals surface area contributed by atoms with Gasteiger partial charge in [-0.3, -0.25) is 9.59 Å². The van der Waals surface area contributed by atoms with Gasteiger partial charge in [0.1, 0.15) is 0 Å². The fourth-order valence-electron chi connectivity index (χ4n) is 4.60. The molecule has 3 aromatic rings. The minimum absolute atomic E-state index is 0.0320. The van der Waals surface area contributed by atoms with E-state index in [1.54, 1.807) is 11.0 Å². The molecular formula is C25H25F3N2O3. The Labute approximate surface area is 189 Å². The summed E-state index contributed by atoms with van der Waals surface area (Å²) in [7, 11) is 0. The summed E-state index contributed by atoms with van der Waals surface area (Å²) >= 11 is 0. The molecule has 1 aliphatic rings. The van der Waals surface area contributed by atoms with Crippen molar-refractivity contribution in [1.29, 1.82) is 0 Å². The Hall–Kier alpha value is -3.29. The van der Waals surface area contributed by atoms with Crippen LogP contribution in [0.25, 0.3) is 10.9 Å². The van der Waals surface area contributed by atoms with Crippen molar-refractivity contribution in [2.45, 2.75) is 51.4 Å². The van der Waals surface area contributed by atoms with E-state index >= 15 is 0 Å². The van der Waals surface area contributed by atoms with Gasteiger partial charge in [-0.1, -0.05) is 36.4 Å². The second kappa shape index (κ2) is 9.29. The maximum atomic E-state index is 13.6. The van der Waals surface area contributed by atoms with Gasteiger partial charge in [0.05, 0.1) is 12.1 Å². The molecule has 8 heteroatoms. The molecule has 5 nitrogen and oxygen atoms in total. The highest BCUT2D eigenvalue weighted by molar-refractivity contribution is 5.86. The number of hydrogen-bond donors (Lipinski definition) is 1. The van der Waals surface area contributed by atoms with Gasteiger partial charge in [0.15, 0.2) is 0 Å². The van der Waals surface area contributed by atoms with Crippen LogP contribution in [0.4, 0.5) is 13.2 Å². The number of para-hydroxylation sites is 1. The van der Waals surface area contributed by atoms with Crippen LogP contribution in [0.15, 0.2) is 48.5 Å². The quantitative estimate of drug-likeness (QED) is 0.493. The Morgan fingerprint density at radius 2 is 1.67 bits per heavy atom. The van der Waals surface area contributed by atoms with Crippen LogP contribution in [0.3, 0.4) is 0 Å².